The van der Waals surface area contributed by atoms with Crippen molar-refractivity contribution in [3.63, 3.8) is 0 Å². The van der Waals surface area contributed by atoms with E-state index in [1.54, 1.807) is 0 Å². The van der Waals surface area contributed by atoms with E-state index in [0.29, 0.717) is 0 Å². The largest absolute Gasteiger partial charge is 0.307 e. The van der Waals surface area contributed by atoms with Crippen molar-refractivity contribution in [2.75, 3.05) is 0 Å². The van der Waals surface area contributed by atoms with Gasteiger partial charge in [0.15, 0.2) is 0 Å². The zero-order chi connectivity index (χ0) is 8.20. The first-order valence-electron chi connectivity index (χ1n) is 4.21. The van der Waals surface area contributed by atoms with Gasteiger partial charge in [-0.3, -0.25) is 0 Å². The highest BCUT2D eigenvalue weighted by Gasteiger charge is 2.09. The summed E-state index contributed by atoms with van der Waals surface area (Å²) in [4.78, 5) is 0. The van der Waals surface area contributed by atoms with Crippen LogP contribution in [0.4, 0.5) is 0 Å². The average Bonchev–Trinajstić information content (AvgIpc) is 1.59. The van der Waals surface area contributed by atoms with Crippen molar-refractivity contribution >= 4 is 17.5 Å². The molecule has 0 aromatic rings. The molecular weight excluding hydrogens is 140 g/mol. The van der Waals surface area contributed by atoms with Gasteiger partial charge in [-0.1, -0.05) is 19.1 Å². The molecule has 0 atom stereocenters. The van der Waals surface area contributed by atoms with Crippen LogP contribution < -0.4 is 0 Å². The minimum Gasteiger partial charge on any atom is -0.0722 e. The molecule has 0 radical (unpaired) electrons. The van der Waals surface area contributed by atoms with Crippen LogP contribution in [-0.2, 0) is 0 Å². The molecule has 0 aromatic heterocycles. The third kappa shape index (κ3) is 8.43. The lowest BCUT2D eigenvalue weighted by Gasteiger charge is -1.97. The standard InChI is InChI=1S/C7H19Si2/c1-8(2)6-5-7-9(3)4/h8H,5-7H2,1-4H3/q+1/i8D. The van der Waals surface area contributed by atoms with Crippen molar-refractivity contribution in [1.82, 2.24) is 0 Å². The molecule has 0 spiro atoms. The van der Waals surface area contributed by atoms with Crippen LogP contribution >= 0.6 is 0 Å². The van der Waals surface area contributed by atoms with Crippen molar-refractivity contribution in [2.24, 2.45) is 0 Å². The molecule has 0 saturated heterocycles. The fraction of sp³-hybridized carbons (Fsp3) is 1.00. The van der Waals surface area contributed by atoms with Crippen molar-refractivity contribution < 1.29 is 0 Å². The van der Waals surface area contributed by atoms with E-state index >= 15 is 0 Å². The van der Waals surface area contributed by atoms with Gasteiger partial charge < -0.3 is 0 Å². The second-order valence-electron chi connectivity index (χ2n) is 3.27. The summed E-state index contributed by atoms with van der Waals surface area (Å²) in [6, 6.07) is 2.60. The van der Waals surface area contributed by atoms with Crippen molar-refractivity contribution in [2.45, 2.75) is 44.7 Å². The zero-order valence-corrected chi connectivity index (χ0v) is 9.12. The number of hydrogen-bond donors (Lipinski definition) is 0. The lowest BCUT2D eigenvalue weighted by molar-refractivity contribution is 1.04. The monoisotopic (exact) mass is 160 g/mol. The minimum atomic E-state index is -1.46. The van der Waals surface area contributed by atoms with Gasteiger partial charge in [-0.15, -0.1) is 0 Å². The van der Waals surface area contributed by atoms with Crippen molar-refractivity contribution in [3.05, 3.63) is 0 Å². The van der Waals surface area contributed by atoms with Crippen LogP contribution in [0.15, 0.2) is 0 Å². The highest BCUT2D eigenvalue weighted by molar-refractivity contribution is 6.57. The third-order valence-electron chi connectivity index (χ3n) is 1.35. The van der Waals surface area contributed by atoms with E-state index in [4.69, 9.17) is 1.23 Å². The van der Waals surface area contributed by atoms with Gasteiger partial charge in [-0.05, 0) is 6.42 Å². The smallest absolute Gasteiger partial charge is 0.0722 e. The summed E-state index contributed by atoms with van der Waals surface area (Å²) in [5.74, 6) is 0. The molecule has 0 aliphatic rings. The Kier molecular flexibility index (Phi) is 4.39. The molecule has 0 aromatic carbocycles. The summed E-state index contributed by atoms with van der Waals surface area (Å²) in [5.41, 5.74) is 0. The Hall–Kier alpha value is 0.434. The molecule has 0 nitrogen and oxygen atoms in total. The summed E-state index contributed by atoms with van der Waals surface area (Å²) in [5, 5.41) is 0. The van der Waals surface area contributed by atoms with Crippen LogP contribution in [-0.4, -0.2) is 18.8 Å². The predicted molar refractivity (Wildman–Crippen MR) is 50.6 cm³/mol. The fourth-order valence-corrected chi connectivity index (χ4v) is 2.92. The molecule has 0 N–H and O–H groups in total. The maximum absolute atomic E-state index is 7.73. The molecule has 0 amide bonds. The minimum absolute atomic E-state index is 0.0179. The van der Waals surface area contributed by atoms with Gasteiger partial charge in [-0.2, -0.15) is 0 Å². The normalized spacial score (nSPS) is 13.1. The molecule has 0 unspecified atom stereocenters. The number of hydrogen-bond acceptors (Lipinski definition) is 0. The lowest BCUT2D eigenvalue weighted by atomic mass is 10.6. The Bertz CT molecular complexity index is 86.1. The predicted octanol–water partition coefficient (Wildman–Crippen LogP) is 2.62. The van der Waals surface area contributed by atoms with Crippen LogP contribution in [0.1, 0.15) is 6.42 Å². The Labute approximate surface area is 64.1 Å². The van der Waals surface area contributed by atoms with Crippen LogP contribution in [0.3, 0.4) is 0 Å². The van der Waals surface area contributed by atoms with Crippen LogP contribution in [0.5, 0.6) is 0 Å². The van der Waals surface area contributed by atoms with Crippen LogP contribution in [0.25, 0.3) is 0 Å². The first-order valence-corrected chi connectivity index (χ1v) is 9.12. The van der Waals surface area contributed by atoms with E-state index in [0.717, 1.165) is 0 Å². The maximum Gasteiger partial charge on any atom is 0.307 e. The zero-order valence-electron chi connectivity index (χ0n) is 8.12. The second kappa shape index (κ2) is 5.24. The van der Waals surface area contributed by atoms with Gasteiger partial charge in [0.25, 0.3) is 0 Å². The summed E-state index contributed by atoms with van der Waals surface area (Å²) in [6.45, 7) is 8.96. The van der Waals surface area contributed by atoms with E-state index in [1.807, 2.05) is 0 Å². The van der Waals surface area contributed by atoms with Gasteiger partial charge >= 0.3 is 8.80 Å². The maximum atomic E-state index is 7.73. The molecule has 0 heterocycles. The molecule has 0 fully saturated rings. The highest BCUT2D eigenvalue weighted by Crippen LogP contribution is 2.04. The SMILES string of the molecule is [2H][Si](C)(C)CCC[Si+](C)C. The topological polar surface area (TPSA) is 0 Å². The van der Waals surface area contributed by atoms with Gasteiger partial charge in [0.1, 0.15) is 0 Å². The van der Waals surface area contributed by atoms with E-state index < -0.39 is 8.73 Å². The van der Waals surface area contributed by atoms with E-state index in [2.05, 4.69) is 26.2 Å². The molecule has 2 heteroatoms. The van der Waals surface area contributed by atoms with Gasteiger partial charge in [-0.25, -0.2) is 0 Å². The second-order valence-corrected chi connectivity index (χ2v) is 9.10. The Morgan fingerprint density at radius 2 is 2.00 bits per heavy atom. The van der Waals surface area contributed by atoms with Gasteiger partial charge in [0.2, 0.25) is 0 Å². The van der Waals surface area contributed by atoms with E-state index in [9.17, 15) is 0 Å². The molecule has 0 aliphatic heterocycles. The summed E-state index contributed by atoms with van der Waals surface area (Å²) in [6.07, 6.45) is 1.31. The van der Waals surface area contributed by atoms with E-state index in [1.165, 1.54) is 18.5 Å². The van der Waals surface area contributed by atoms with Crippen LogP contribution in [0.2, 0.25) is 38.3 Å². The van der Waals surface area contributed by atoms with Crippen molar-refractivity contribution in [1.29, 1.82) is 1.23 Å². The van der Waals surface area contributed by atoms with Crippen LogP contribution in [0, 0.1) is 0 Å². The summed E-state index contributed by atoms with van der Waals surface area (Å²) >= 11 is 0. The molecular formula is C7H19Si2+. The quantitative estimate of drug-likeness (QED) is 0.555. The molecule has 9 heavy (non-hydrogen) atoms. The first-order chi connectivity index (χ1) is 4.42. The van der Waals surface area contributed by atoms with E-state index in [-0.39, 0.29) is 8.80 Å². The molecule has 54 valence electrons. The fourth-order valence-electron chi connectivity index (χ4n) is 0.795. The van der Waals surface area contributed by atoms with Gasteiger partial charge in [0.05, 0.1) is 19.1 Å². The molecule has 0 bridgehead atoms. The molecule has 0 saturated carbocycles. The van der Waals surface area contributed by atoms with Crippen molar-refractivity contribution in [3.8, 4) is 0 Å². The summed E-state index contributed by atoms with van der Waals surface area (Å²) < 4.78 is 7.73. The number of rotatable bonds is 4. The highest BCUT2D eigenvalue weighted by atomic mass is 28.3. The molecule has 0 rings (SSSR count). The summed E-state index contributed by atoms with van der Waals surface area (Å²) in [7, 11) is -1.48. The lowest BCUT2D eigenvalue weighted by Crippen LogP contribution is -2.03. The Morgan fingerprint density at radius 1 is 1.44 bits per heavy atom. The Balaban J connectivity index is 3.21. The Morgan fingerprint density at radius 3 is 2.33 bits per heavy atom. The molecule has 0 aliphatic carbocycles. The van der Waals surface area contributed by atoms with Gasteiger partial charge in [0, 0.05) is 9.96 Å². The average molecular weight is 160 g/mol. The first kappa shape index (κ1) is 7.54. The third-order valence-corrected chi connectivity index (χ3v) is 4.06.